The Morgan fingerprint density at radius 3 is 2.83 bits per heavy atom. The van der Waals surface area contributed by atoms with Gasteiger partial charge in [-0.3, -0.25) is 4.99 Å². The minimum atomic E-state index is 0.374. The monoisotopic (exact) mass is 401 g/mol. The molecule has 0 bridgehead atoms. The summed E-state index contributed by atoms with van der Waals surface area (Å²) in [6.45, 7) is 9.09. The highest BCUT2D eigenvalue weighted by atomic mass is 16.5. The molecular formula is C24H39N3O2. The van der Waals surface area contributed by atoms with E-state index in [1.165, 1.54) is 44.1 Å². The van der Waals surface area contributed by atoms with Crippen molar-refractivity contribution in [3.63, 3.8) is 0 Å². The van der Waals surface area contributed by atoms with Gasteiger partial charge in [-0.1, -0.05) is 25.3 Å². The zero-order valence-electron chi connectivity index (χ0n) is 18.4. The van der Waals surface area contributed by atoms with Gasteiger partial charge in [-0.05, 0) is 69.9 Å². The quantitative estimate of drug-likeness (QED) is 0.669. The third-order valence-corrected chi connectivity index (χ3v) is 6.17. The molecule has 1 aromatic rings. The zero-order chi connectivity index (χ0) is 20.5. The van der Waals surface area contributed by atoms with Gasteiger partial charge in [-0.15, -0.1) is 0 Å². The van der Waals surface area contributed by atoms with E-state index in [0.717, 1.165) is 63.5 Å². The first-order valence-electron chi connectivity index (χ1n) is 11.5. The average Bonchev–Trinajstić information content (AvgIpc) is 2.99. The van der Waals surface area contributed by atoms with Crippen LogP contribution in [0.2, 0.25) is 0 Å². The van der Waals surface area contributed by atoms with Gasteiger partial charge in [0.05, 0.1) is 6.61 Å². The number of aliphatic imine (C=N–C) groups is 1. The number of phenols is 1. The van der Waals surface area contributed by atoms with E-state index in [9.17, 15) is 5.11 Å². The van der Waals surface area contributed by atoms with E-state index in [4.69, 9.17) is 9.73 Å². The lowest BCUT2D eigenvalue weighted by Crippen LogP contribution is -2.30. The van der Waals surface area contributed by atoms with Crippen LogP contribution in [0.1, 0.15) is 61.6 Å². The first-order chi connectivity index (χ1) is 14.1. The number of benzene rings is 1. The van der Waals surface area contributed by atoms with Crippen LogP contribution in [0.15, 0.2) is 17.1 Å². The highest BCUT2D eigenvalue weighted by Crippen LogP contribution is 2.25. The van der Waals surface area contributed by atoms with Crippen LogP contribution in [-0.4, -0.2) is 73.6 Å². The highest BCUT2D eigenvalue weighted by molar-refractivity contribution is 5.84. The average molecular weight is 402 g/mol. The molecule has 1 aliphatic carbocycles. The minimum absolute atomic E-state index is 0.374. The summed E-state index contributed by atoms with van der Waals surface area (Å²) in [6.07, 6.45) is 10.5. The molecule has 0 radical (unpaired) electrons. The molecule has 1 saturated carbocycles. The van der Waals surface area contributed by atoms with E-state index in [0.29, 0.717) is 11.8 Å². The Bertz CT molecular complexity index is 648. The smallest absolute Gasteiger partial charge is 0.127 e. The molecule has 1 saturated heterocycles. The standard InChI is InChI=1S/C24H39N3O2/c1-20-16-21(17-22(24(20)28)18-25-23-8-4-3-5-9-23)19-26(2)10-6-11-27-12-7-14-29-15-13-27/h16-18,23,28H,3-15,19H2,1-2H3/b25-18+. The Balaban J connectivity index is 1.51. The summed E-state index contributed by atoms with van der Waals surface area (Å²) in [5.74, 6) is 0.374. The maximum atomic E-state index is 10.5. The van der Waals surface area contributed by atoms with Crippen molar-refractivity contribution in [2.75, 3.05) is 46.4 Å². The SMILES string of the molecule is Cc1cc(CN(C)CCCN2CCCOCC2)cc(/C=N/C2CCCCC2)c1O. The van der Waals surface area contributed by atoms with Crippen molar-refractivity contribution < 1.29 is 9.84 Å². The largest absolute Gasteiger partial charge is 0.507 e. The van der Waals surface area contributed by atoms with Crippen molar-refractivity contribution in [3.8, 4) is 5.75 Å². The maximum absolute atomic E-state index is 10.5. The molecule has 5 nitrogen and oxygen atoms in total. The Hall–Kier alpha value is -1.43. The normalized spacial score (nSPS) is 19.8. The van der Waals surface area contributed by atoms with E-state index in [2.05, 4.69) is 29.0 Å². The third kappa shape index (κ3) is 7.40. The van der Waals surface area contributed by atoms with Gasteiger partial charge in [-0.2, -0.15) is 0 Å². The molecule has 1 N–H and O–H groups in total. The molecule has 1 aliphatic heterocycles. The van der Waals surface area contributed by atoms with E-state index in [-0.39, 0.29) is 0 Å². The number of hydrogen-bond acceptors (Lipinski definition) is 5. The second-order valence-corrected chi connectivity index (χ2v) is 8.82. The molecule has 5 heteroatoms. The summed E-state index contributed by atoms with van der Waals surface area (Å²) < 4.78 is 5.54. The number of aromatic hydroxyl groups is 1. The van der Waals surface area contributed by atoms with Crippen LogP contribution < -0.4 is 0 Å². The van der Waals surface area contributed by atoms with Crippen molar-refractivity contribution in [2.24, 2.45) is 4.99 Å². The molecule has 2 fully saturated rings. The summed E-state index contributed by atoms with van der Waals surface area (Å²) >= 11 is 0. The van der Waals surface area contributed by atoms with E-state index in [1.807, 2.05) is 13.1 Å². The lowest BCUT2D eigenvalue weighted by atomic mass is 9.96. The van der Waals surface area contributed by atoms with Gasteiger partial charge in [0, 0.05) is 44.1 Å². The predicted octanol–water partition coefficient (Wildman–Crippen LogP) is 4.00. The van der Waals surface area contributed by atoms with Crippen molar-refractivity contribution in [1.29, 1.82) is 0 Å². The van der Waals surface area contributed by atoms with Gasteiger partial charge in [0.1, 0.15) is 5.75 Å². The first kappa shape index (κ1) is 22.3. The van der Waals surface area contributed by atoms with Crippen LogP contribution in [0.4, 0.5) is 0 Å². The number of rotatable bonds is 8. The van der Waals surface area contributed by atoms with Crippen LogP contribution in [-0.2, 0) is 11.3 Å². The lowest BCUT2D eigenvalue weighted by molar-refractivity contribution is 0.140. The Morgan fingerprint density at radius 2 is 2.00 bits per heavy atom. The molecule has 0 atom stereocenters. The number of aryl methyl sites for hydroxylation is 1. The Kier molecular flexibility index (Phi) is 8.96. The Labute approximate surface area is 176 Å². The van der Waals surface area contributed by atoms with Crippen LogP contribution >= 0.6 is 0 Å². The summed E-state index contributed by atoms with van der Waals surface area (Å²) in [6, 6.07) is 4.65. The van der Waals surface area contributed by atoms with Crippen LogP contribution in [0.5, 0.6) is 5.75 Å². The summed E-state index contributed by atoms with van der Waals surface area (Å²) in [5.41, 5.74) is 3.05. The summed E-state index contributed by atoms with van der Waals surface area (Å²) in [7, 11) is 2.18. The van der Waals surface area contributed by atoms with E-state index < -0.39 is 0 Å². The molecule has 0 unspecified atom stereocenters. The van der Waals surface area contributed by atoms with Crippen LogP contribution in [0, 0.1) is 6.92 Å². The van der Waals surface area contributed by atoms with Gasteiger partial charge in [0.25, 0.3) is 0 Å². The molecule has 2 aliphatic rings. The summed E-state index contributed by atoms with van der Waals surface area (Å²) in [4.78, 5) is 9.67. The van der Waals surface area contributed by atoms with Gasteiger partial charge < -0.3 is 19.6 Å². The Morgan fingerprint density at radius 1 is 1.17 bits per heavy atom. The van der Waals surface area contributed by atoms with E-state index in [1.54, 1.807) is 0 Å². The lowest BCUT2D eigenvalue weighted by Gasteiger charge is -2.22. The van der Waals surface area contributed by atoms with Crippen molar-refractivity contribution >= 4 is 6.21 Å². The number of nitrogens with zero attached hydrogens (tertiary/aromatic N) is 3. The molecule has 1 heterocycles. The fourth-order valence-electron chi connectivity index (χ4n) is 4.47. The van der Waals surface area contributed by atoms with Gasteiger partial charge >= 0.3 is 0 Å². The van der Waals surface area contributed by atoms with Gasteiger partial charge in [0.2, 0.25) is 0 Å². The molecule has 29 heavy (non-hydrogen) atoms. The molecule has 3 rings (SSSR count). The number of phenolic OH excluding ortho intramolecular Hbond substituents is 1. The van der Waals surface area contributed by atoms with Gasteiger partial charge in [0.15, 0.2) is 0 Å². The first-order valence-corrected chi connectivity index (χ1v) is 11.5. The van der Waals surface area contributed by atoms with Crippen molar-refractivity contribution in [3.05, 3.63) is 28.8 Å². The van der Waals surface area contributed by atoms with E-state index >= 15 is 0 Å². The third-order valence-electron chi connectivity index (χ3n) is 6.17. The predicted molar refractivity (Wildman–Crippen MR) is 120 cm³/mol. The molecule has 1 aromatic carbocycles. The minimum Gasteiger partial charge on any atom is -0.507 e. The molecule has 0 spiro atoms. The second-order valence-electron chi connectivity index (χ2n) is 8.82. The summed E-state index contributed by atoms with van der Waals surface area (Å²) in [5, 5.41) is 10.5. The number of ether oxygens (including phenoxy) is 1. The van der Waals surface area contributed by atoms with Gasteiger partial charge in [-0.25, -0.2) is 0 Å². The fraction of sp³-hybridized carbons (Fsp3) is 0.708. The number of hydrogen-bond donors (Lipinski definition) is 1. The van der Waals surface area contributed by atoms with Crippen molar-refractivity contribution in [2.45, 2.75) is 64.5 Å². The topological polar surface area (TPSA) is 48.3 Å². The molecule has 0 aromatic heterocycles. The molecule has 0 amide bonds. The zero-order valence-corrected chi connectivity index (χ0v) is 18.4. The second kappa shape index (κ2) is 11.7. The fourth-order valence-corrected chi connectivity index (χ4v) is 4.47. The highest BCUT2D eigenvalue weighted by Gasteiger charge is 2.13. The van der Waals surface area contributed by atoms with Crippen LogP contribution in [0.25, 0.3) is 0 Å². The molecule has 162 valence electrons. The maximum Gasteiger partial charge on any atom is 0.127 e. The van der Waals surface area contributed by atoms with Crippen molar-refractivity contribution in [1.82, 2.24) is 9.80 Å². The van der Waals surface area contributed by atoms with Crippen LogP contribution in [0.3, 0.4) is 0 Å². The molecular weight excluding hydrogens is 362 g/mol.